The second-order valence-corrected chi connectivity index (χ2v) is 3.18. The van der Waals surface area contributed by atoms with E-state index < -0.39 is 0 Å². The molecule has 0 atom stereocenters. The Kier molecular flexibility index (Phi) is 1.42. The fourth-order valence-corrected chi connectivity index (χ4v) is 1.37. The third kappa shape index (κ3) is 1.14. The first-order valence-electron chi connectivity index (χ1n) is 3.11. The van der Waals surface area contributed by atoms with Gasteiger partial charge in [0.1, 0.15) is 0 Å². The van der Waals surface area contributed by atoms with Gasteiger partial charge in [-0.05, 0) is 22.0 Å². The van der Waals surface area contributed by atoms with Gasteiger partial charge in [0.15, 0.2) is 0 Å². The molecule has 1 aliphatic heterocycles. The standard InChI is InChI=1S/C7H4BrNO2/c8-5-1-4-2-6(10)11-7(4)9-3-5/h1,3H,2H2. The van der Waals surface area contributed by atoms with Gasteiger partial charge < -0.3 is 4.74 Å². The molecule has 0 radical (unpaired) electrons. The molecule has 0 bridgehead atoms. The molecule has 1 aromatic rings. The zero-order valence-corrected chi connectivity index (χ0v) is 7.09. The van der Waals surface area contributed by atoms with Crippen LogP contribution in [0.1, 0.15) is 5.56 Å². The lowest BCUT2D eigenvalue weighted by Crippen LogP contribution is -2.00. The molecule has 0 aliphatic carbocycles. The Labute approximate surface area is 71.5 Å². The number of esters is 1. The van der Waals surface area contributed by atoms with E-state index in [2.05, 4.69) is 20.9 Å². The predicted molar refractivity (Wildman–Crippen MR) is 41.3 cm³/mol. The van der Waals surface area contributed by atoms with Crippen LogP contribution in [0.5, 0.6) is 5.88 Å². The van der Waals surface area contributed by atoms with Crippen LogP contribution in [0.15, 0.2) is 16.7 Å². The number of pyridine rings is 1. The van der Waals surface area contributed by atoms with Crippen molar-refractivity contribution in [2.45, 2.75) is 6.42 Å². The minimum atomic E-state index is -0.231. The molecule has 11 heavy (non-hydrogen) atoms. The molecule has 0 aromatic carbocycles. The molecule has 0 saturated heterocycles. The van der Waals surface area contributed by atoms with Gasteiger partial charge >= 0.3 is 5.97 Å². The molecular formula is C7H4BrNO2. The van der Waals surface area contributed by atoms with Crippen molar-refractivity contribution in [3.05, 3.63) is 22.3 Å². The Morgan fingerprint density at radius 3 is 3.27 bits per heavy atom. The minimum absolute atomic E-state index is 0.231. The molecule has 1 aliphatic rings. The summed E-state index contributed by atoms with van der Waals surface area (Å²) in [6, 6.07) is 1.84. The monoisotopic (exact) mass is 213 g/mol. The van der Waals surface area contributed by atoms with Crippen LogP contribution in [0.3, 0.4) is 0 Å². The summed E-state index contributed by atoms with van der Waals surface area (Å²) in [5, 5.41) is 0. The minimum Gasteiger partial charge on any atom is -0.407 e. The van der Waals surface area contributed by atoms with Crippen molar-refractivity contribution in [2.75, 3.05) is 0 Å². The number of aromatic nitrogens is 1. The SMILES string of the molecule is O=C1Cc2cc(Br)cnc2O1. The number of hydrogen-bond acceptors (Lipinski definition) is 3. The first kappa shape index (κ1) is 6.79. The summed E-state index contributed by atoms with van der Waals surface area (Å²) in [5.74, 6) is 0.212. The van der Waals surface area contributed by atoms with Gasteiger partial charge in [-0.25, -0.2) is 4.98 Å². The molecule has 2 rings (SSSR count). The Hall–Kier alpha value is -0.900. The molecule has 2 heterocycles. The summed E-state index contributed by atoms with van der Waals surface area (Å²) in [6.45, 7) is 0. The van der Waals surface area contributed by atoms with E-state index in [1.807, 2.05) is 6.07 Å². The second kappa shape index (κ2) is 2.30. The number of rotatable bonds is 0. The Morgan fingerprint density at radius 2 is 2.45 bits per heavy atom. The van der Waals surface area contributed by atoms with E-state index in [0.717, 1.165) is 10.0 Å². The van der Waals surface area contributed by atoms with Gasteiger partial charge in [-0.2, -0.15) is 0 Å². The maximum Gasteiger partial charge on any atom is 0.317 e. The van der Waals surface area contributed by atoms with Crippen molar-refractivity contribution in [2.24, 2.45) is 0 Å². The number of carbonyl (C=O) groups is 1. The summed E-state index contributed by atoms with van der Waals surface area (Å²) < 4.78 is 5.66. The molecule has 0 fully saturated rings. The molecule has 0 saturated carbocycles. The van der Waals surface area contributed by atoms with Crippen LogP contribution in [0.25, 0.3) is 0 Å². The fraction of sp³-hybridized carbons (Fsp3) is 0.143. The van der Waals surface area contributed by atoms with Gasteiger partial charge in [0.05, 0.1) is 6.42 Å². The quantitative estimate of drug-likeness (QED) is 0.611. The largest absolute Gasteiger partial charge is 0.407 e. The molecule has 0 spiro atoms. The molecule has 0 unspecified atom stereocenters. The zero-order chi connectivity index (χ0) is 7.84. The first-order chi connectivity index (χ1) is 5.25. The number of hydrogen-bond donors (Lipinski definition) is 0. The maximum absolute atomic E-state index is 10.7. The van der Waals surface area contributed by atoms with Crippen molar-refractivity contribution >= 4 is 21.9 Å². The number of fused-ring (bicyclic) bond motifs is 1. The molecule has 1 aromatic heterocycles. The van der Waals surface area contributed by atoms with Gasteiger partial charge in [-0.1, -0.05) is 0 Å². The lowest BCUT2D eigenvalue weighted by Gasteiger charge is -1.93. The number of halogens is 1. The van der Waals surface area contributed by atoms with Crippen LogP contribution < -0.4 is 4.74 Å². The normalized spacial score (nSPS) is 14.5. The van der Waals surface area contributed by atoms with E-state index in [1.165, 1.54) is 0 Å². The van der Waals surface area contributed by atoms with Crippen LogP contribution in [-0.2, 0) is 11.2 Å². The van der Waals surface area contributed by atoms with E-state index >= 15 is 0 Å². The van der Waals surface area contributed by atoms with E-state index in [1.54, 1.807) is 6.20 Å². The van der Waals surface area contributed by atoms with Gasteiger partial charge in [-0.3, -0.25) is 4.79 Å². The zero-order valence-electron chi connectivity index (χ0n) is 5.50. The highest BCUT2D eigenvalue weighted by Gasteiger charge is 2.21. The van der Waals surface area contributed by atoms with Crippen LogP contribution >= 0.6 is 15.9 Å². The maximum atomic E-state index is 10.7. The summed E-state index contributed by atoms with van der Waals surface area (Å²) in [5.41, 5.74) is 0.851. The lowest BCUT2D eigenvalue weighted by molar-refractivity contribution is -0.132. The van der Waals surface area contributed by atoms with Crippen LogP contribution in [0, 0.1) is 0 Å². The lowest BCUT2D eigenvalue weighted by atomic mass is 10.2. The predicted octanol–water partition coefficient (Wildman–Crippen LogP) is 1.31. The Balaban J connectivity index is 2.51. The molecule has 4 heteroatoms. The highest BCUT2D eigenvalue weighted by atomic mass is 79.9. The third-order valence-corrected chi connectivity index (χ3v) is 1.87. The van der Waals surface area contributed by atoms with Crippen LogP contribution in [0.4, 0.5) is 0 Å². The van der Waals surface area contributed by atoms with Crippen molar-refractivity contribution in [3.8, 4) is 5.88 Å². The van der Waals surface area contributed by atoms with Crippen molar-refractivity contribution in [1.82, 2.24) is 4.98 Å². The third-order valence-electron chi connectivity index (χ3n) is 1.44. The van der Waals surface area contributed by atoms with Gasteiger partial charge in [-0.15, -0.1) is 0 Å². The molecule has 0 amide bonds. The molecule has 3 nitrogen and oxygen atoms in total. The van der Waals surface area contributed by atoms with E-state index in [9.17, 15) is 4.79 Å². The average Bonchev–Trinajstić information content (AvgIpc) is 2.27. The smallest absolute Gasteiger partial charge is 0.317 e. The van der Waals surface area contributed by atoms with Gasteiger partial charge in [0.25, 0.3) is 0 Å². The molecule has 56 valence electrons. The molecular weight excluding hydrogens is 210 g/mol. The Bertz CT molecular complexity index is 324. The average molecular weight is 214 g/mol. The van der Waals surface area contributed by atoms with Crippen LogP contribution in [-0.4, -0.2) is 11.0 Å². The first-order valence-corrected chi connectivity index (χ1v) is 3.90. The summed E-state index contributed by atoms with van der Waals surface area (Å²) in [7, 11) is 0. The van der Waals surface area contributed by atoms with E-state index in [0.29, 0.717) is 12.3 Å². The highest BCUT2D eigenvalue weighted by molar-refractivity contribution is 9.10. The number of nitrogens with zero attached hydrogens (tertiary/aromatic N) is 1. The molecule has 0 N–H and O–H groups in total. The van der Waals surface area contributed by atoms with E-state index in [4.69, 9.17) is 4.74 Å². The summed E-state index contributed by atoms with van der Waals surface area (Å²) in [4.78, 5) is 14.7. The van der Waals surface area contributed by atoms with Crippen molar-refractivity contribution in [3.63, 3.8) is 0 Å². The van der Waals surface area contributed by atoms with Crippen molar-refractivity contribution in [1.29, 1.82) is 0 Å². The van der Waals surface area contributed by atoms with Gasteiger partial charge in [0.2, 0.25) is 5.88 Å². The van der Waals surface area contributed by atoms with Gasteiger partial charge in [0, 0.05) is 16.2 Å². The topological polar surface area (TPSA) is 39.2 Å². The van der Waals surface area contributed by atoms with Crippen molar-refractivity contribution < 1.29 is 9.53 Å². The highest BCUT2D eigenvalue weighted by Crippen LogP contribution is 2.25. The summed E-state index contributed by atoms with van der Waals surface area (Å²) >= 11 is 3.26. The fourth-order valence-electron chi connectivity index (χ4n) is 0.987. The Morgan fingerprint density at radius 1 is 1.64 bits per heavy atom. The number of ether oxygens (including phenoxy) is 1. The van der Waals surface area contributed by atoms with E-state index in [-0.39, 0.29) is 5.97 Å². The van der Waals surface area contributed by atoms with Crippen LogP contribution in [0.2, 0.25) is 0 Å². The second-order valence-electron chi connectivity index (χ2n) is 2.27. The number of carbonyl (C=O) groups excluding carboxylic acids is 1. The summed E-state index contributed by atoms with van der Waals surface area (Å²) in [6.07, 6.45) is 1.94.